The molecule has 6 heteroatoms. The van der Waals surface area contributed by atoms with Crippen LogP contribution in [0, 0.1) is 5.82 Å². The number of halogens is 3. The van der Waals surface area contributed by atoms with Crippen LogP contribution in [0.2, 0.25) is 0 Å². The normalized spacial score (nSPS) is 10.2. The lowest BCUT2D eigenvalue weighted by Gasteiger charge is -2.09. The van der Waals surface area contributed by atoms with Crippen molar-refractivity contribution in [1.82, 2.24) is 0 Å². The number of amides is 1. The van der Waals surface area contributed by atoms with Crippen molar-refractivity contribution in [3.8, 4) is 5.75 Å². The van der Waals surface area contributed by atoms with Gasteiger partial charge >= 0.3 is 0 Å². The van der Waals surface area contributed by atoms with Crippen LogP contribution in [-0.4, -0.2) is 12.5 Å². The number of hydrogen-bond acceptors (Lipinski definition) is 2. The first-order valence-electron chi connectivity index (χ1n) is 5.68. The zero-order chi connectivity index (χ0) is 14.5. The molecule has 1 N–H and O–H groups in total. The summed E-state index contributed by atoms with van der Waals surface area (Å²) in [5, 5.41) is 2.70. The van der Waals surface area contributed by atoms with E-state index >= 15 is 0 Å². The Morgan fingerprint density at radius 2 is 1.85 bits per heavy atom. The highest BCUT2D eigenvalue weighted by Crippen LogP contribution is 2.25. The molecule has 0 spiro atoms. The summed E-state index contributed by atoms with van der Waals surface area (Å²) in [6.45, 7) is -0.152. The van der Waals surface area contributed by atoms with E-state index in [9.17, 15) is 9.18 Å². The number of benzene rings is 2. The fourth-order valence-electron chi connectivity index (χ4n) is 1.47. The van der Waals surface area contributed by atoms with Crippen molar-refractivity contribution in [2.24, 2.45) is 0 Å². The summed E-state index contributed by atoms with van der Waals surface area (Å²) in [5.74, 6) is -0.246. The average Bonchev–Trinajstić information content (AvgIpc) is 2.40. The van der Waals surface area contributed by atoms with Crippen molar-refractivity contribution in [2.45, 2.75) is 0 Å². The highest BCUT2D eigenvalue weighted by atomic mass is 79.9. The zero-order valence-corrected chi connectivity index (χ0v) is 13.4. The Bertz CT molecular complexity index is 617. The van der Waals surface area contributed by atoms with Crippen LogP contribution in [0.4, 0.5) is 10.1 Å². The lowest BCUT2D eigenvalue weighted by molar-refractivity contribution is -0.118. The van der Waals surface area contributed by atoms with E-state index in [0.29, 0.717) is 15.9 Å². The van der Waals surface area contributed by atoms with Gasteiger partial charge in [0.15, 0.2) is 6.61 Å². The third kappa shape index (κ3) is 4.31. The number of carbonyl (C=O) groups is 1. The number of hydrogen-bond donors (Lipinski definition) is 1. The third-order valence-electron chi connectivity index (χ3n) is 2.38. The Hall–Kier alpha value is -1.40. The molecule has 1 amide bonds. The zero-order valence-electron chi connectivity index (χ0n) is 10.2. The average molecular weight is 403 g/mol. The molecule has 0 aliphatic carbocycles. The molecule has 0 saturated carbocycles. The van der Waals surface area contributed by atoms with Crippen LogP contribution in [0.1, 0.15) is 0 Å². The van der Waals surface area contributed by atoms with Crippen LogP contribution in [0.3, 0.4) is 0 Å². The van der Waals surface area contributed by atoms with Crippen LogP contribution in [0.25, 0.3) is 0 Å². The Balaban J connectivity index is 1.90. The quantitative estimate of drug-likeness (QED) is 0.824. The van der Waals surface area contributed by atoms with E-state index in [0.717, 1.165) is 4.47 Å². The summed E-state index contributed by atoms with van der Waals surface area (Å²) in [7, 11) is 0. The standard InChI is InChI=1S/C14H10Br2FNO2/c15-9-1-4-11(5-2-9)18-14(19)8-20-13-6-3-10(17)7-12(13)16/h1-7H,8H2,(H,18,19). The summed E-state index contributed by atoms with van der Waals surface area (Å²) in [5.41, 5.74) is 0.681. The summed E-state index contributed by atoms with van der Waals surface area (Å²) in [4.78, 5) is 11.7. The maximum absolute atomic E-state index is 12.9. The van der Waals surface area contributed by atoms with Gasteiger partial charge < -0.3 is 10.1 Å². The summed E-state index contributed by atoms with van der Waals surface area (Å²) in [6.07, 6.45) is 0. The first-order chi connectivity index (χ1) is 9.54. The van der Waals surface area contributed by atoms with E-state index in [1.54, 1.807) is 12.1 Å². The number of ether oxygens (including phenoxy) is 1. The van der Waals surface area contributed by atoms with Gasteiger partial charge in [-0.1, -0.05) is 15.9 Å². The highest BCUT2D eigenvalue weighted by molar-refractivity contribution is 9.10. The van der Waals surface area contributed by atoms with Gasteiger partial charge in [-0.05, 0) is 58.4 Å². The first-order valence-corrected chi connectivity index (χ1v) is 7.26. The third-order valence-corrected chi connectivity index (χ3v) is 3.53. The highest BCUT2D eigenvalue weighted by Gasteiger charge is 2.07. The Morgan fingerprint density at radius 1 is 1.15 bits per heavy atom. The van der Waals surface area contributed by atoms with Crippen LogP contribution in [0.15, 0.2) is 51.4 Å². The molecule has 3 nitrogen and oxygen atoms in total. The van der Waals surface area contributed by atoms with Crippen LogP contribution in [-0.2, 0) is 4.79 Å². The smallest absolute Gasteiger partial charge is 0.262 e. The van der Waals surface area contributed by atoms with Crippen molar-refractivity contribution in [2.75, 3.05) is 11.9 Å². The van der Waals surface area contributed by atoms with Gasteiger partial charge in [0, 0.05) is 10.2 Å². The minimum Gasteiger partial charge on any atom is -0.483 e. The van der Waals surface area contributed by atoms with Crippen molar-refractivity contribution in [3.05, 3.63) is 57.2 Å². The molecule has 104 valence electrons. The Kier molecular flexibility index (Phi) is 5.14. The predicted octanol–water partition coefficient (Wildman–Crippen LogP) is 4.37. The molecule has 2 aromatic carbocycles. The van der Waals surface area contributed by atoms with Crippen molar-refractivity contribution < 1.29 is 13.9 Å². The first kappa shape index (κ1) is 15.0. The molecule has 0 fully saturated rings. The van der Waals surface area contributed by atoms with E-state index < -0.39 is 0 Å². The molecule has 0 saturated heterocycles. The summed E-state index contributed by atoms with van der Waals surface area (Å²) < 4.78 is 19.6. The van der Waals surface area contributed by atoms with E-state index in [-0.39, 0.29) is 18.3 Å². The van der Waals surface area contributed by atoms with Gasteiger partial charge in [0.25, 0.3) is 5.91 Å². The van der Waals surface area contributed by atoms with Crippen LogP contribution < -0.4 is 10.1 Å². The SMILES string of the molecule is O=C(COc1ccc(F)cc1Br)Nc1ccc(Br)cc1. The topological polar surface area (TPSA) is 38.3 Å². The maximum Gasteiger partial charge on any atom is 0.262 e. The van der Waals surface area contributed by atoms with Gasteiger partial charge in [-0.3, -0.25) is 4.79 Å². The van der Waals surface area contributed by atoms with E-state index in [1.165, 1.54) is 18.2 Å². The number of anilines is 1. The number of nitrogens with one attached hydrogen (secondary N) is 1. The van der Waals surface area contributed by atoms with Gasteiger partial charge in [0.05, 0.1) is 4.47 Å². The van der Waals surface area contributed by atoms with Gasteiger partial charge in [0.2, 0.25) is 0 Å². The Labute approximate surface area is 132 Å². The number of rotatable bonds is 4. The second kappa shape index (κ2) is 6.85. The molecule has 2 rings (SSSR count). The van der Waals surface area contributed by atoms with Crippen molar-refractivity contribution in [1.29, 1.82) is 0 Å². The molecule has 0 unspecified atom stereocenters. The molecule has 20 heavy (non-hydrogen) atoms. The molecule has 0 heterocycles. The van der Waals surface area contributed by atoms with Crippen LogP contribution >= 0.6 is 31.9 Å². The Morgan fingerprint density at radius 3 is 2.50 bits per heavy atom. The molecule has 0 aliphatic rings. The summed E-state index contributed by atoms with van der Waals surface area (Å²) >= 11 is 6.48. The molecular weight excluding hydrogens is 393 g/mol. The van der Waals surface area contributed by atoms with Crippen molar-refractivity contribution in [3.63, 3.8) is 0 Å². The molecule has 0 bridgehead atoms. The molecule has 0 atom stereocenters. The van der Waals surface area contributed by atoms with Gasteiger partial charge in [-0.25, -0.2) is 4.39 Å². The molecule has 2 aromatic rings. The fourth-order valence-corrected chi connectivity index (χ4v) is 2.20. The van der Waals surface area contributed by atoms with Gasteiger partial charge in [-0.2, -0.15) is 0 Å². The fraction of sp³-hybridized carbons (Fsp3) is 0.0714. The van der Waals surface area contributed by atoms with Gasteiger partial charge in [0.1, 0.15) is 11.6 Å². The molecule has 0 aliphatic heterocycles. The minimum absolute atomic E-state index is 0.152. The predicted molar refractivity (Wildman–Crippen MR) is 82.4 cm³/mol. The second-order valence-electron chi connectivity index (χ2n) is 3.92. The van der Waals surface area contributed by atoms with Crippen molar-refractivity contribution >= 4 is 43.5 Å². The lowest BCUT2D eigenvalue weighted by atomic mass is 10.3. The molecule has 0 aromatic heterocycles. The monoisotopic (exact) mass is 401 g/mol. The van der Waals surface area contributed by atoms with Crippen LogP contribution in [0.5, 0.6) is 5.75 Å². The maximum atomic E-state index is 12.9. The molecule has 0 radical (unpaired) electrons. The lowest BCUT2D eigenvalue weighted by Crippen LogP contribution is -2.20. The van der Waals surface area contributed by atoms with E-state index in [2.05, 4.69) is 37.2 Å². The number of carbonyl (C=O) groups excluding carboxylic acids is 1. The summed E-state index contributed by atoms with van der Waals surface area (Å²) in [6, 6.07) is 11.2. The van der Waals surface area contributed by atoms with Gasteiger partial charge in [-0.15, -0.1) is 0 Å². The van der Waals surface area contributed by atoms with E-state index in [1.807, 2.05) is 12.1 Å². The van der Waals surface area contributed by atoms with E-state index in [4.69, 9.17) is 4.74 Å². The second-order valence-corrected chi connectivity index (χ2v) is 5.69. The largest absolute Gasteiger partial charge is 0.483 e. The molecular formula is C14H10Br2FNO2. The minimum atomic E-state index is -0.372.